The van der Waals surface area contributed by atoms with Gasteiger partial charge in [-0.1, -0.05) is 40.2 Å². The Hall–Kier alpha value is -2.16. The molecule has 2 rings (SSSR count). The molecular formula is C15H13BrN2O4S. The minimum atomic E-state index is -4.31. The fourth-order valence-corrected chi connectivity index (χ4v) is 2.66. The molecule has 2 aromatic rings. The van der Waals surface area contributed by atoms with Gasteiger partial charge in [0.15, 0.2) is 0 Å². The highest BCUT2D eigenvalue weighted by molar-refractivity contribution is 9.10. The molecule has 0 saturated heterocycles. The summed E-state index contributed by atoms with van der Waals surface area (Å²) in [6, 6.07) is 12.3. The van der Waals surface area contributed by atoms with Gasteiger partial charge in [-0.05, 0) is 35.9 Å². The van der Waals surface area contributed by atoms with Crippen LogP contribution in [0.4, 0.5) is 10.5 Å². The van der Waals surface area contributed by atoms with Crippen molar-refractivity contribution in [3.8, 4) is 0 Å². The van der Waals surface area contributed by atoms with Gasteiger partial charge in [-0.3, -0.25) is 4.55 Å². The van der Waals surface area contributed by atoms with E-state index in [0.29, 0.717) is 0 Å². The van der Waals surface area contributed by atoms with Crippen LogP contribution in [0, 0.1) is 0 Å². The van der Waals surface area contributed by atoms with Gasteiger partial charge in [0.1, 0.15) is 0 Å². The molecule has 0 fully saturated rings. The highest BCUT2D eigenvalue weighted by Gasteiger charge is 2.10. The number of urea groups is 1. The second-order valence-electron chi connectivity index (χ2n) is 4.46. The number of carbonyl (C=O) groups excluding carboxylic acids is 1. The monoisotopic (exact) mass is 396 g/mol. The first kappa shape index (κ1) is 17.2. The topological polar surface area (TPSA) is 95.5 Å². The summed E-state index contributed by atoms with van der Waals surface area (Å²) in [6.45, 7) is 0. The van der Waals surface area contributed by atoms with Gasteiger partial charge in [0.2, 0.25) is 0 Å². The van der Waals surface area contributed by atoms with E-state index in [1.54, 1.807) is 6.08 Å². The van der Waals surface area contributed by atoms with Crippen molar-refractivity contribution in [1.29, 1.82) is 0 Å². The van der Waals surface area contributed by atoms with Crippen LogP contribution in [0.2, 0.25) is 0 Å². The van der Waals surface area contributed by atoms with Crippen molar-refractivity contribution in [2.75, 3.05) is 5.32 Å². The third kappa shape index (κ3) is 5.20. The molecule has 0 aliphatic rings. The number of hydrogen-bond acceptors (Lipinski definition) is 3. The van der Waals surface area contributed by atoms with Gasteiger partial charge in [0.25, 0.3) is 10.1 Å². The van der Waals surface area contributed by atoms with E-state index in [2.05, 4.69) is 26.6 Å². The van der Waals surface area contributed by atoms with E-state index in [1.165, 1.54) is 24.4 Å². The summed E-state index contributed by atoms with van der Waals surface area (Å²) in [5.74, 6) is 0. The highest BCUT2D eigenvalue weighted by atomic mass is 79.9. The van der Waals surface area contributed by atoms with Crippen molar-refractivity contribution in [3.63, 3.8) is 0 Å². The van der Waals surface area contributed by atoms with Crippen molar-refractivity contribution in [2.24, 2.45) is 0 Å². The van der Waals surface area contributed by atoms with Gasteiger partial charge < -0.3 is 10.6 Å². The number of carbonyl (C=O) groups is 1. The molecule has 0 aliphatic carbocycles. The number of nitrogens with one attached hydrogen (secondary N) is 2. The molecule has 120 valence electrons. The Bertz CT molecular complexity index is 850. The fraction of sp³-hybridized carbons (Fsp3) is 0. The molecule has 2 amide bonds. The molecule has 0 spiro atoms. The predicted octanol–water partition coefficient (Wildman–Crippen LogP) is 3.49. The van der Waals surface area contributed by atoms with Crippen LogP contribution in [0.15, 0.2) is 64.1 Å². The zero-order chi connectivity index (χ0) is 16.9. The Morgan fingerprint density at radius 3 is 2.57 bits per heavy atom. The Morgan fingerprint density at radius 1 is 1.13 bits per heavy atom. The van der Waals surface area contributed by atoms with Crippen molar-refractivity contribution in [2.45, 2.75) is 4.90 Å². The third-order valence-corrected chi connectivity index (χ3v) is 4.34. The van der Waals surface area contributed by atoms with Crippen molar-refractivity contribution in [1.82, 2.24) is 5.32 Å². The molecule has 2 aromatic carbocycles. The predicted molar refractivity (Wildman–Crippen MR) is 91.6 cm³/mol. The molecule has 0 unspecified atom stereocenters. The number of anilines is 1. The van der Waals surface area contributed by atoms with Gasteiger partial charge in [-0.25, -0.2) is 4.79 Å². The summed E-state index contributed by atoms with van der Waals surface area (Å²) in [4.78, 5) is 11.5. The van der Waals surface area contributed by atoms with Gasteiger partial charge >= 0.3 is 6.03 Å². The molecule has 0 bridgehead atoms. The van der Waals surface area contributed by atoms with Crippen molar-refractivity contribution < 1.29 is 17.8 Å². The molecule has 3 N–H and O–H groups in total. The Morgan fingerprint density at radius 2 is 1.87 bits per heavy atom. The number of benzene rings is 2. The van der Waals surface area contributed by atoms with Gasteiger partial charge in [-0.2, -0.15) is 8.42 Å². The molecule has 8 heteroatoms. The number of hydrogen-bond donors (Lipinski definition) is 3. The maximum Gasteiger partial charge on any atom is 0.323 e. The number of halogens is 1. The summed E-state index contributed by atoms with van der Waals surface area (Å²) < 4.78 is 31.9. The molecule has 0 radical (unpaired) electrons. The van der Waals surface area contributed by atoms with Crippen molar-refractivity contribution >= 4 is 43.8 Å². The van der Waals surface area contributed by atoms with Crippen LogP contribution in [-0.4, -0.2) is 19.0 Å². The maximum absolute atomic E-state index is 11.8. The lowest BCUT2D eigenvalue weighted by atomic mass is 10.2. The SMILES string of the molecule is O=C(N/C=C/c1ccccc1Br)Nc1cccc(S(=O)(=O)O)c1. The van der Waals surface area contributed by atoms with Crippen molar-refractivity contribution in [3.05, 3.63) is 64.8 Å². The van der Waals surface area contributed by atoms with Crippen LogP contribution in [0.3, 0.4) is 0 Å². The first-order chi connectivity index (χ1) is 10.9. The normalized spacial score (nSPS) is 11.4. The van der Waals surface area contributed by atoms with E-state index in [0.717, 1.165) is 16.1 Å². The van der Waals surface area contributed by atoms with E-state index >= 15 is 0 Å². The summed E-state index contributed by atoms with van der Waals surface area (Å²) in [5.41, 5.74) is 1.13. The quantitative estimate of drug-likeness (QED) is 0.689. The Balaban J connectivity index is 1.99. The maximum atomic E-state index is 11.8. The Labute approximate surface area is 142 Å². The third-order valence-electron chi connectivity index (χ3n) is 2.77. The smallest absolute Gasteiger partial charge is 0.314 e. The zero-order valence-electron chi connectivity index (χ0n) is 11.7. The summed E-state index contributed by atoms with van der Waals surface area (Å²) in [6.07, 6.45) is 3.17. The van der Waals surface area contributed by atoms with Crippen LogP contribution in [-0.2, 0) is 10.1 Å². The van der Waals surface area contributed by atoms with Gasteiger partial charge in [-0.15, -0.1) is 0 Å². The summed E-state index contributed by atoms with van der Waals surface area (Å²) >= 11 is 3.38. The largest absolute Gasteiger partial charge is 0.323 e. The van der Waals surface area contributed by atoms with E-state index in [1.807, 2.05) is 24.3 Å². The Kier molecular flexibility index (Phi) is 5.54. The van der Waals surface area contributed by atoms with Crippen LogP contribution in [0.1, 0.15) is 5.56 Å². The molecule has 23 heavy (non-hydrogen) atoms. The second kappa shape index (κ2) is 7.40. The molecule has 0 aromatic heterocycles. The lowest BCUT2D eigenvalue weighted by Crippen LogP contribution is -2.23. The van der Waals surface area contributed by atoms with Crippen LogP contribution in [0.5, 0.6) is 0 Å². The molecular weight excluding hydrogens is 384 g/mol. The second-order valence-corrected chi connectivity index (χ2v) is 6.73. The van der Waals surface area contributed by atoms with Crippen LogP contribution < -0.4 is 10.6 Å². The molecule has 0 atom stereocenters. The number of amides is 2. The first-order valence-corrected chi connectivity index (χ1v) is 8.66. The standard InChI is InChI=1S/C15H13BrN2O4S/c16-14-7-2-1-4-11(14)8-9-17-15(19)18-12-5-3-6-13(10-12)23(20,21)22/h1-10H,(H2,17,18,19)(H,20,21,22)/b9-8+. The van der Waals surface area contributed by atoms with Crippen LogP contribution in [0.25, 0.3) is 6.08 Å². The molecule has 0 saturated carbocycles. The van der Waals surface area contributed by atoms with E-state index < -0.39 is 16.1 Å². The van der Waals surface area contributed by atoms with Gasteiger partial charge in [0.05, 0.1) is 4.90 Å². The van der Waals surface area contributed by atoms with E-state index in [9.17, 15) is 13.2 Å². The minimum absolute atomic E-state index is 0.243. The minimum Gasteiger partial charge on any atom is -0.314 e. The lowest BCUT2D eigenvalue weighted by molar-refractivity contribution is 0.255. The summed E-state index contributed by atoms with van der Waals surface area (Å²) in [7, 11) is -4.31. The molecule has 0 aliphatic heterocycles. The lowest BCUT2D eigenvalue weighted by Gasteiger charge is -2.06. The average molecular weight is 397 g/mol. The summed E-state index contributed by atoms with van der Waals surface area (Å²) in [5, 5.41) is 4.97. The molecule has 0 heterocycles. The number of rotatable bonds is 4. The average Bonchev–Trinajstić information content (AvgIpc) is 2.48. The van der Waals surface area contributed by atoms with E-state index in [4.69, 9.17) is 4.55 Å². The highest BCUT2D eigenvalue weighted by Crippen LogP contribution is 2.17. The first-order valence-electron chi connectivity index (χ1n) is 6.42. The fourth-order valence-electron chi connectivity index (χ4n) is 1.72. The van der Waals surface area contributed by atoms with E-state index in [-0.39, 0.29) is 10.6 Å². The molecule has 6 nitrogen and oxygen atoms in total. The van der Waals surface area contributed by atoms with Crippen LogP contribution >= 0.6 is 15.9 Å². The zero-order valence-corrected chi connectivity index (χ0v) is 14.1. The van der Waals surface area contributed by atoms with Gasteiger partial charge in [0, 0.05) is 16.4 Å².